The van der Waals surface area contributed by atoms with Crippen LogP contribution in [0.5, 0.6) is 0 Å². The first-order chi connectivity index (χ1) is 11.9. The predicted molar refractivity (Wildman–Crippen MR) is 95.4 cm³/mol. The Hall–Kier alpha value is -2.38. The Labute approximate surface area is 150 Å². The van der Waals surface area contributed by atoms with E-state index in [2.05, 4.69) is 9.82 Å². The highest BCUT2D eigenvalue weighted by atomic mass is 35.5. The third kappa shape index (κ3) is 4.58. The normalized spacial score (nSPS) is 11.4. The van der Waals surface area contributed by atoms with Crippen LogP contribution in [0.3, 0.4) is 0 Å². The van der Waals surface area contributed by atoms with Crippen molar-refractivity contribution in [3.05, 3.63) is 82.9 Å². The summed E-state index contributed by atoms with van der Waals surface area (Å²) in [6.07, 6.45) is 2.86. The summed E-state index contributed by atoms with van der Waals surface area (Å²) < 4.78 is 42.1. The molecular weight excluding hydrogens is 365 g/mol. The Balaban J connectivity index is 1.71. The highest BCUT2D eigenvalue weighted by Gasteiger charge is 2.14. The van der Waals surface area contributed by atoms with E-state index in [0.29, 0.717) is 21.8 Å². The molecule has 5 nitrogen and oxygen atoms in total. The van der Waals surface area contributed by atoms with Gasteiger partial charge in [-0.2, -0.15) is 5.10 Å². The maximum absolute atomic E-state index is 13.8. The van der Waals surface area contributed by atoms with E-state index in [0.717, 1.165) is 0 Å². The highest BCUT2D eigenvalue weighted by Crippen LogP contribution is 2.20. The Morgan fingerprint density at radius 3 is 2.60 bits per heavy atom. The monoisotopic (exact) mass is 379 g/mol. The molecule has 1 heterocycles. The molecule has 0 aliphatic carbocycles. The number of aromatic nitrogens is 2. The molecule has 0 amide bonds. The summed E-state index contributed by atoms with van der Waals surface area (Å²) >= 11 is 5.99. The van der Waals surface area contributed by atoms with Gasteiger partial charge in [-0.05, 0) is 17.7 Å². The fourth-order valence-electron chi connectivity index (χ4n) is 2.36. The van der Waals surface area contributed by atoms with E-state index in [4.69, 9.17) is 11.6 Å². The number of hydrogen-bond donors (Lipinski definition) is 1. The van der Waals surface area contributed by atoms with Crippen molar-refractivity contribution in [1.29, 1.82) is 0 Å². The van der Waals surface area contributed by atoms with Crippen LogP contribution in [0.2, 0.25) is 5.02 Å². The average molecular weight is 380 g/mol. The average Bonchev–Trinajstić information content (AvgIpc) is 2.98. The largest absolute Gasteiger partial charge is 0.280 e. The molecule has 3 rings (SSSR count). The van der Waals surface area contributed by atoms with Gasteiger partial charge in [-0.25, -0.2) is 12.8 Å². The molecule has 0 aliphatic heterocycles. The summed E-state index contributed by atoms with van der Waals surface area (Å²) in [6.45, 7) is 0.103. The maximum Gasteiger partial charge on any atom is 0.237 e. The van der Waals surface area contributed by atoms with Crippen molar-refractivity contribution < 1.29 is 12.8 Å². The standard InChI is InChI=1S/C17H15ClFN3O2S/c18-16-7-4-8-17(19)15(16)11-22-10-14(9-20-22)21-25(23,24)12-13-5-2-1-3-6-13/h1-10,21H,11-12H2. The SMILES string of the molecule is O=S(=O)(Cc1ccccc1)Nc1cnn(Cc2c(F)cccc2Cl)c1. The summed E-state index contributed by atoms with van der Waals surface area (Å²) in [5.74, 6) is -0.577. The van der Waals surface area contributed by atoms with Crippen LogP contribution >= 0.6 is 11.6 Å². The van der Waals surface area contributed by atoms with Crippen molar-refractivity contribution in [3.8, 4) is 0 Å². The highest BCUT2D eigenvalue weighted by molar-refractivity contribution is 7.91. The van der Waals surface area contributed by atoms with Gasteiger partial charge in [-0.1, -0.05) is 48.0 Å². The van der Waals surface area contributed by atoms with Crippen LogP contribution in [0, 0.1) is 5.82 Å². The molecule has 0 bridgehead atoms. The van der Waals surface area contributed by atoms with Crippen LogP contribution in [0.1, 0.15) is 11.1 Å². The number of halogens is 2. The van der Waals surface area contributed by atoms with Crippen molar-refractivity contribution in [2.24, 2.45) is 0 Å². The zero-order chi connectivity index (χ0) is 17.9. The molecule has 0 atom stereocenters. The van der Waals surface area contributed by atoms with Crippen molar-refractivity contribution in [2.75, 3.05) is 4.72 Å². The van der Waals surface area contributed by atoms with Gasteiger partial charge in [0.2, 0.25) is 10.0 Å². The van der Waals surface area contributed by atoms with Crippen molar-refractivity contribution in [1.82, 2.24) is 9.78 Å². The van der Waals surface area contributed by atoms with Gasteiger partial charge in [0, 0.05) is 16.8 Å². The van der Waals surface area contributed by atoms with Gasteiger partial charge < -0.3 is 0 Å². The molecule has 3 aromatic rings. The van der Waals surface area contributed by atoms with Crippen molar-refractivity contribution in [2.45, 2.75) is 12.3 Å². The number of nitrogens with one attached hydrogen (secondary N) is 1. The summed E-state index contributed by atoms with van der Waals surface area (Å²) in [7, 11) is -3.57. The van der Waals surface area contributed by atoms with Gasteiger partial charge in [-0.3, -0.25) is 9.40 Å². The smallest absolute Gasteiger partial charge is 0.237 e. The molecule has 0 radical (unpaired) electrons. The maximum atomic E-state index is 13.8. The van der Waals surface area contributed by atoms with E-state index in [9.17, 15) is 12.8 Å². The minimum Gasteiger partial charge on any atom is -0.280 e. The number of nitrogens with zero attached hydrogens (tertiary/aromatic N) is 2. The van der Waals surface area contributed by atoms with Gasteiger partial charge in [0.15, 0.2) is 0 Å². The predicted octanol–water partition coefficient (Wildman–Crippen LogP) is 3.67. The number of sulfonamides is 1. The molecule has 130 valence electrons. The quantitative estimate of drug-likeness (QED) is 0.710. The Kier molecular flexibility index (Phi) is 5.06. The molecule has 25 heavy (non-hydrogen) atoms. The minimum absolute atomic E-state index is 0.103. The Morgan fingerprint density at radius 2 is 1.88 bits per heavy atom. The lowest BCUT2D eigenvalue weighted by Gasteiger charge is -2.07. The zero-order valence-electron chi connectivity index (χ0n) is 13.1. The molecule has 8 heteroatoms. The molecule has 0 aliphatic rings. The van der Waals surface area contributed by atoms with Crippen LogP contribution in [0.15, 0.2) is 60.9 Å². The first kappa shape index (κ1) is 17.4. The number of hydrogen-bond acceptors (Lipinski definition) is 3. The first-order valence-corrected chi connectivity index (χ1v) is 9.46. The number of anilines is 1. The molecule has 0 fully saturated rings. The van der Waals surface area contributed by atoms with Crippen LogP contribution in [-0.4, -0.2) is 18.2 Å². The summed E-state index contributed by atoms with van der Waals surface area (Å²) in [5.41, 5.74) is 1.29. The second kappa shape index (κ2) is 7.25. The molecular formula is C17H15ClFN3O2S. The van der Waals surface area contributed by atoms with Gasteiger partial charge in [0.25, 0.3) is 0 Å². The third-order valence-electron chi connectivity index (χ3n) is 3.49. The second-order valence-corrected chi connectivity index (χ2v) is 7.60. The third-order valence-corrected chi connectivity index (χ3v) is 5.10. The molecule has 0 saturated heterocycles. The van der Waals surface area contributed by atoms with E-state index < -0.39 is 15.8 Å². The molecule has 1 N–H and O–H groups in total. The van der Waals surface area contributed by atoms with Crippen molar-refractivity contribution >= 4 is 27.3 Å². The Bertz CT molecular complexity index is 954. The molecule has 2 aromatic carbocycles. The Morgan fingerprint density at radius 1 is 1.12 bits per heavy atom. The molecule has 0 unspecified atom stereocenters. The lowest BCUT2D eigenvalue weighted by molar-refractivity contribution is 0.585. The fourth-order valence-corrected chi connectivity index (χ4v) is 3.75. The molecule has 0 saturated carbocycles. The lowest BCUT2D eigenvalue weighted by Crippen LogP contribution is -2.14. The topological polar surface area (TPSA) is 64.0 Å². The number of benzene rings is 2. The van der Waals surface area contributed by atoms with Crippen molar-refractivity contribution in [3.63, 3.8) is 0 Å². The summed E-state index contributed by atoms with van der Waals surface area (Å²) in [6, 6.07) is 13.3. The van der Waals surface area contributed by atoms with Gasteiger partial charge >= 0.3 is 0 Å². The van der Waals surface area contributed by atoms with E-state index in [1.54, 1.807) is 30.3 Å². The summed E-state index contributed by atoms with van der Waals surface area (Å²) in [4.78, 5) is 0. The van der Waals surface area contributed by atoms with Crippen LogP contribution in [0.25, 0.3) is 0 Å². The van der Waals surface area contributed by atoms with E-state index in [1.807, 2.05) is 6.07 Å². The van der Waals surface area contributed by atoms with E-state index in [1.165, 1.54) is 29.2 Å². The second-order valence-electron chi connectivity index (χ2n) is 5.47. The first-order valence-electron chi connectivity index (χ1n) is 7.43. The minimum atomic E-state index is -3.57. The molecule has 1 aromatic heterocycles. The van der Waals surface area contributed by atoms with E-state index in [-0.39, 0.29) is 12.3 Å². The van der Waals surface area contributed by atoms with Crippen LogP contribution < -0.4 is 4.72 Å². The van der Waals surface area contributed by atoms with Crippen LogP contribution in [-0.2, 0) is 22.3 Å². The summed E-state index contributed by atoms with van der Waals surface area (Å²) in [5, 5.41) is 4.34. The lowest BCUT2D eigenvalue weighted by atomic mass is 10.2. The molecule has 0 spiro atoms. The zero-order valence-corrected chi connectivity index (χ0v) is 14.6. The van der Waals surface area contributed by atoms with Crippen LogP contribution in [0.4, 0.5) is 10.1 Å². The van der Waals surface area contributed by atoms with E-state index >= 15 is 0 Å². The number of rotatable bonds is 6. The fraction of sp³-hybridized carbons (Fsp3) is 0.118. The van der Waals surface area contributed by atoms with Gasteiger partial charge in [0.1, 0.15) is 5.82 Å². The van der Waals surface area contributed by atoms with Gasteiger partial charge in [-0.15, -0.1) is 0 Å². The van der Waals surface area contributed by atoms with Gasteiger partial charge in [0.05, 0.1) is 24.2 Å².